The molecule has 7 nitrogen and oxygen atoms in total. The third-order valence-corrected chi connectivity index (χ3v) is 5.77. The lowest BCUT2D eigenvalue weighted by Crippen LogP contribution is -2.41. The maximum Gasteiger partial charge on any atom is 0.240 e. The molecule has 1 unspecified atom stereocenters. The van der Waals surface area contributed by atoms with E-state index in [2.05, 4.69) is 19.7 Å². The van der Waals surface area contributed by atoms with Crippen molar-refractivity contribution in [3.05, 3.63) is 43.0 Å². The maximum atomic E-state index is 12.2. The fraction of sp³-hybridized carbons (Fsp3) is 0.500. The summed E-state index contributed by atoms with van der Waals surface area (Å²) in [7, 11) is -3.41. The van der Waals surface area contributed by atoms with Crippen LogP contribution in [0.25, 0.3) is 0 Å². The van der Waals surface area contributed by atoms with Gasteiger partial charge in [-0.05, 0) is 37.4 Å². The van der Waals surface area contributed by atoms with Crippen LogP contribution in [0.2, 0.25) is 0 Å². The fourth-order valence-electron chi connectivity index (χ4n) is 3.12. The maximum absolute atomic E-state index is 12.2. The second-order valence-electron chi connectivity index (χ2n) is 6.14. The van der Waals surface area contributed by atoms with Crippen LogP contribution in [-0.4, -0.2) is 54.3 Å². The highest BCUT2D eigenvalue weighted by atomic mass is 32.2. The summed E-state index contributed by atoms with van der Waals surface area (Å²) in [6.07, 6.45) is 5.60. The topological polar surface area (TPSA) is 80.1 Å². The van der Waals surface area contributed by atoms with Crippen LogP contribution >= 0.6 is 0 Å². The van der Waals surface area contributed by atoms with Crippen LogP contribution in [0, 0.1) is 5.92 Å². The zero-order chi connectivity index (χ0) is 16.8. The Balaban J connectivity index is 1.46. The number of sulfonamides is 1. The number of nitrogens with one attached hydrogen (secondary N) is 1. The average molecular weight is 349 g/mol. The standard InChI is InChI=1S/C16H23N5O2S/c22-24(23,16-6-2-1-3-7-16)19-8-10-20-9-4-5-15(11-20)12-21-14-17-13-18-21/h1-3,6-7,13-15,19H,4-5,8-12H2. The smallest absolute Gasteiger partial charge is 0.240 e. The monoisotopic (exact) mass is 349 g/mol. The fourth-order valence-corrected chi connectivity index (χ4v) is 4.16. The summed E-state index contributed by atoms with van der Waals surface area (Å²) >= 11 is 0. The Morgan fingerprint density at radius 3 is 2.83 bits per heavy atom. The SMILES string of the molecule is O=S(=O)(NCCN1CCCC(Cn2cncn2)C1)c1ccccc1. The molecule has 0 spiro atoms. The van der Waals surface area contributed by atoms with E-state index in [1.54, 1.807) is 36.9 Å². The zero-order valence-corrected chi connectivity index (χ0v) is 14.4. The average Bonchev–Trinajstić information content (AvgIpc) is 3.09. The number of hydrogen-bond donors (Lipinski definition) is 1. The second-order valence-corrected chi connectivity index (χ2v) is 7.90. The van der Waals surface area contributed by atoms with Crippen molar-refractivity contribution in [1.29, 1.82) is 0 Å². The number of aromatic nitrogens is 3. The molecule has 0 aliphatic carbocycles. The van der Waals surface area contributed by atoms with Gasteiger partial charge < -0.3 is 4.90 Å². The predicted octanol–water partition coefficient (Wildman–Crippen LogP) is 0.969. The van der Waals surface area contributed by atoms with Crippen molar-refractivity contribution in [2.45, 2.75) is 24.3 Å². The molecule has 1 N–H and O–H groups in total. The lowest BCUT2D eigenvalue weighted by Gasteiger charge is -2.32. The Labute approximate surface area is 142 Å². The van der Waals surface area contributed by atoms with Gasteiger partial charge in [-0.1, -0.05) is 18.2 Å². The number of nitrogens with zero attached hydrogens (tertiary/aromatic N) is 4. The first kappa shape index (κ1) is 17.1. The molecule has 0 amide bonds. The second kappa shape index (κ2) is 7.87. The van der Waals surface area contributed by atoms with E-state index in [0.717, 1.165) is 32.6 Å². The van der Waals surface area contributed by atoms with Gasteiger partial charge in [-0.3, -0.25) is 4.68 Å². The molecule has 1 aliphatic rings. The molecule has 0 bridgehead atoms. The van der Waals surface area contributed by atoms with Gasteiger partial charge in [0, 0.05) is 26.2 Å². The first-order valence-corrected chi connectivity index (χ1v) is 9.71. The molecular weight excluding hydrogens is 326 g/mol. The lowest BCUT2D eigenvalue weighted by atomic mass is 9.98. The molecule has 1 saturated heterocycles. The Bertz CT molecular complexity index is 718. The Hall–Kier alpha value is -1.77. The van der Waals surface area contributed by atoms with Crippen LogP contribution in [0.5, 0.6) is 0 Å². The number of rotatable bonds is 7. The van der Waals surface area contributed by atoms with Crippen molar-refractivity contribution in [2.24, 2.45) is 5.92 Å². The Morgan fingerprint density at radius 1 is 1.25 bits per heavy atom. The van der Waals surface area contributed by atoms with Crippen molar-refractivity contribution in [3.63, 3.8) is 0 Å². The van der Waals surface area contributed by atoms with Gasteiger partial charge in [0.2, 0.25) is 10.0 Å². The van der Waals surface area contributed by atoms with Gasteiger partial charge in [0.15, 0.2) is 0 Å². The summed E-state index contributed by atoms with van der Waals surface area (Å²) in [5.41, 5.74) is 0. The predicted molar refractivity (Wildman–Crippen MR) is 90.8 cm³/mol. The molecular formula is C16H23N5O2S. The summed E-state index contributed by atoms with van der Waals surface area (Å²) < 4.78 is 29.0. The summed E-state index contributed by atoms with van der Waals surface area (Å²) in [5, 5.41) is 4.16. The van der Waals surface area contributed by atoms with Crippen LogP contribution in [-0.2, 0) is 16.6 Å². The van der Waals surface area contributed by atoms with E-state index >= 15 is 0 Å². The lowest BCUT2D eigenvalue weighted by molar-refractivity contribution is 0.162. The first-order valence-electron chi connectivity index (χ1n) is 8.23. The van der Waals surface area contributed by atoms with Gasteiger partial charge in [0.05, 0.1) is 4.90 Å². The number of benzene rings is 1. The van der Waals surface area contributed by atoms with Crippen LogP contribution in [0.3, 0.4) is 0 Å². The van der Waals surface area contributed by atoms with Crippen LogP contribution < -0.4 is 4.72 Å². The molecule has 2 heterocycles. The molecule has 8 heteroatoms. The van der Waals surface area contributed by atoms with Gasteiger partial charge in [0.1, 0.15) is 12.7 Å². The van der Waals surface area contributed by atoms with Gasteiger partial charge in [-0.2, -0.15) is 5.10 Å². The summed E-state index contributed by atoms with van der Waals surface area (Å²) in [5.74, 6) is 0.534. The highest BCUT2D eigenvalue weighted by molar-refractivity contribution is 7.89. The molecule has 1 aromatic carbocycles. The van der Waals surface area contributed by atoms with Crippen LogP contribution in [0.15, 0.2) is 47.9 Å². The normalized spacial score (nSPS) is 19.4. The number of hydrogen-bond acceptors (Lipinski definition) is 5. The van der Waals surface area contributed by atoms with Crippen molar-refractivity contribution in [3.8, 4) is 0 Å². The van der Waals surface area contributed by atoms with Crippen LogP contribution in [0.1, 0.15) is 12.8 Å². The molecule has 1 aliphatic heterocycles. The third-order valence-electron chi connectivity index (χ3n) is 4.29. The van der Waals surface area contributed by atoms with E-state index in [9.17, 15) is 8.42 Å². The highest BCUT2D eigenvalue weighted by Crippen LogP contribution is 2.17. The first-order chi connectivity index (χ1) is 11.6. The molecule has 1 atom stereocenters. The van der Waals surface area contributed by atoms with E-state index in [4.69, 9.17) is 0 Å². The Kier molecular flexibility index (Phi) is 5.60. The minimum Gasteiger partial charge on any atom is -0.302 e. The summed E-state index contributed by atoms with van der Waals surface area (Å²) in [4.78, 5) is 6.60. The molecule has 1 fully saturated rings. The van der Waals surface area contributed by atoms with Crippen molar-refractivity contribution in [1.82, 2.24) is 24.4 Å². The number of likely N-dealkylation sites (tertiary alicyclic amines) is 1. The molecule has 0 saturated carbocycles. The van der Waals surface area contributed by atoms with Gasteiger partial charge in [-0.25, -0.2) is 18.1 Å². The number of piperidine rings is 1. The largest absolute Gasteiger partial charge is 0.302 e. The third kappa shape index (κ3) is 4.62. The Morgan fingerprint density at radius 2 is 2.08 bits per heavy atom. The molecule has 24 heavy (non-hydrogen) atoms. The highest BCUT2D eigenvalue weighted by Gasteiger charge is 2.21. The van der Waals surface area contributed by atoms with E-state index < -0.39 is 10.0 Å². The van der Waals surface area contributed by atoms with Gasteiger partial charge in [0.25, 0.3) is 0 Å². The van der Waals surface area contributed by atoms with Crippen molar-refractivity contribution >= 4 is 10.0 Å². The quantitative estimate of drug-likeness (QED) is 0.806. The summed E-state index contributed by atoms with van der Waals surface area (Å²) in [6.45, 7) is 3.99. The molecule has 130 valence electrons. The molecule has 2 aromatic rings. The minimum atomic E-state index is -3.41. The minimum absolute atomic E-state index is 0.313. The molecule has 1 aromatic heterocycles. The van der Waals surface area contributed by atoms with E-state index in [-0.39, 0.29) is 0 Å². The van der Waals surface area contributed by atoms with Gasteiger partial charge in [-0.15, -0.1) is 0 Å². The van der Waals surface area contributed by atoms with E-state index in [0.29, 0.717) is 17.4 Å². The van der Waals surface area contributed by atoms with Crippen molar-refractivity contribution < 1.29 is 8.42 Å². The molecule has 3 rings (SSSR count). The molecule has 0 radical (unpaired) electrons. The van der Waals surface area contributed by atoms with Gasteiger partial charge >= 0.3 is 0 Å². The van der Waals surface area contributed by atoms with Crippen molar-refractivity contribution in [2.75, 3.05) is 26.2 Å². The zero-order valence-electron chi connectivity index (χ0n) is 13.6. The summed E-state index contributed by atoms with van der Waals surface area (Å²) in [6, 6.07) is 8.48. The van der Waals surface area contributed by atoms with E-state index in [1.165, 1.54) is 6.42 Å². The van der Waals surface area contributed by atoms with Crippen LogP contribution in [0.4, 0.5) is 0 Å². The van der Waals surface area contributed by atoms with E-state index in [1.807, 2.05) is 10.7 Å².